The largest absolute Gasteiger partial charge is 0.457 e. The molecule has 0 spiro atoms. The van der Waals surface area contributed by atoms with Gasteiger partial charge >= 0.3 is 0 Å². The normalized spacial score (nSPS) is 16.4. The fourth-order valence-electron chi connectivity index (χ4n) is 5.41. The second-order valence-electron chi connectivity index (χ2n) is 16.9. The Bertz CT molecular complexity index is 1880. The lowest BCUT2D eigenvalue weighted by molar-refractivity contribution is -0.114. The number of ketones is 2. The fourth-order valence-corrected chi connectivity index (χ4v) is 6.71. The van der Waals surface area contributed by atoms with E-state index < -0.39 is 0 Å². The molecular weight excluding hydrogens is 768 g/mol. The molecule has 9 heteroatoms. The third-order valence-electron chi connectivity index (χ3n) is 8.26. The lowest BCUT2D eigenvalue weighted by atomic mass is 9.72. The van der Waals surface area contributed by atoms with E-state index >= 15 is 0 Å². The summed E-state index contributed by atoms with van der Waals surface area (Å²) >= 11 is 7.22. The first kappa shape index (κ1) is 40.0. The van der Waals surface area contributed by atoms with E-state index in [9.17, 15) is 9.59 Å². The Morgan fingerprint density at radius 1 is 0.529 bits per heavy atom. The van der Waals surface area contributed by atoms with Crippen LogP contribution in [-0.4, -0.2) is 11.6 Å². The molecule has 0 aliphatic heterocycles. The Morgan fingerprint density at radius 3 is 1.24 bits per heavy atom. The maximum absolute atomic E-state index is 13.2. The van der Waals surface area contributed by atoms with Gasteiger partial charge in [0.1, 0.15) is 17.2 Å². The lowest BCUT2D eigenvalue weighted by Gasteiger charge is -2.31. The molecule has 0 amide bonds. The summed E-state index contributed by atoms with van der Waals surface area (Å²) in [4.78, 5) is 26.4. The van der Waals surface area contributed by atoms with Crippen LogP contribution in [0.3, 0.4) is 0 Å². The molecule has 0 aromatic heterocycles. The Labute approximate surface area is 319 Å². The van der Waals surface area contributed by atoms with Crippen LogP contribution in [0.15, 0.2) is 136 Å². The maximum atomic E-state index is 13.2. The highest BCUT2D eigenvalue weighted by Gasteiger charge is 2.35. The van der Waals surface area contributed by atoms with Crippen molar-refractivity contribution in [1.29, 1.82) is 0 Å². The maximum Gasteiger partial charge on any atom is 0.186 e. The first-order valence-corrected chi connectivity index (χ1v) is 18.5. The van der Waals surface area contributed by atoms with Crippen LogP contribution in [0.25, 0.3) is 0 Å². The number of hydrogen-bond donors (Lipinski definition) is 0. The van der Waals surface area contributed by atoms with Crippen LogP contribution in [-0.2, 0) is 9.59 Å². The summed E-state index contributed by atoms with van der Waals surface area (Å²) < 4.78 is 7.51. The number of Topliss-reactive ketones (excluding diaryl/α,β-unsaturated/α-hetero) is 2. The van der Waals surface area contributed by atoms with Gasteiger partial charge in [-0.2, -0.15) is 15.3 Å². The zero-order valence-electron chi connectivity index (χ0n) is 31.7. The highest BCUT2D eigenvalue weighted by Crippen LogP contribution is 2.42. The first-order chi connectivity index (χ1) is 23.4. The number of rotatable bonds is 6. The molecule has 2 aromatic carbocycles. The van der Waals surface area contributed by atoms with Crippen LogP contribution in [0.5, 0.6) is 11.5 Å². The highest BCUT2D eigenvalue weighted by molar-refractivity contribution is 9.11. The van der Waals surface area contributed by atoms with Gasteiger partial charge in [0.25, 0.3) is 0 Å². The number of carbonyl (C=O) groups excluding carboxylic acids is 2. The first-order valence-electron chi connectivity index (χ1n) is 16.9. The van der Waals surface area contributed by atoms with E-state index in [-0.39, 0.29) is 33.2 Å². The molecule has 2 aliphatic rings. The number of azo groups is 2. The average Bonchev–Trinajstić information content (AvgIpc) is 2.98. The Hall–Kier alpha value is -3.82. The Morgan fingerprint density at radius 2 is 0.882 bits per heavy atom. The van der Waals surface area contributed by atoms with Gasteiger partial charge in [-0.05, 0) is 125 Å². The topological polar surface area (TPSA) is 92.8 Å². The molecule has 0 radical (unpaired) electrons. The van der Waals surface area contributed by atoms with E-state index in [0.717, 1.165) is 33.4 Å². The van der Waals surface area contributed by atoms with Gasteiger partial charge in [-0.15, -0.1) is 5.11 Å². The van der Waals surface area contributed by atoms with Gasteiger partial charge in [-0.3, -0.25) is 9.59 Å². The second-order valence-corrected chi connectivity index (χ2v) is 18.6. The predicted octanol–water partition coefficient (Wildman–Crippen LogP) is 14.0. The van der Waals surface area contributed by atoms with Gasteiger partial charge in [0, 0.05) is 31.2 Å². The molecule has 0 unspecified atom stereocenters. The number of ether oxygens (including phenoxy) is 1. The summed E-state index contributed by atoms with van der Waals surface area (Å²) in [5.41, 5.74) is 4.79. The molecule has 2 aliphatic carbocycles. The van der Waals surface area contributed by atoms with E-state index in [0.29, 0.717) is 31.8 Å². The minimum atomic E-state index is -0.302. The van der Waals surface area contributed by atoms with Gasteiger partial charge in [0.15, 0.2) is 11.6 Å². The molecule has 2 aromatic rings. The minimum absolute atomic E-state index is 0.0795. The quantitative estimate of drug-likeness (QED) is 0.272. The van der Waals surface area contributed by atoms with Crippen molar-refractivity contribution in [1.82, 2.24) is 0 Å². The van der Waals surface area contributed by atoms with Gasteiger partial charge in [-0.1, -0.05) is 83.1 Å². The van der Waals surface area contributed by atoms with E-state index in [4.69, 9.17) is 4.74 Å². The molecule has 0 bridgehead atoms. The standard InChI is InChI=1S/C42H48Br2N4O3/c1-39(2,3)30-17-25(18-31(37(30)49)40(4,5)6)23-45-47-27-13-15-28(16-14-27)51-29-21-34(43)36(35(44)22-29)48-46-24-26-19-32(41(7,8)9)38(50)33(20-26)42(10,11)12/h13-24H,1-12H3. The van der Waals surface area contributed by atoms with Crippen LogP contribution in [0.4, 0.5) is 11.4 Å². The number of allylic oxidation sites excluding steroid dienone is 10. The van der Waals surface area contributed by atoms with Crippen molar-refractivity contribution < 1.29 is 14.3 Å². The van der Waals surface area contributed by atoms with Gasteiger partial charge < -0.3 is 4.74 Å². The molecule has 0 fully saturated rings. The number of benzene rings is 2. The van der Waals surface area contributed by atoms with E-state index in [1.807, 2.05) is 144 Å². The van der Waals surface area contributed by atoms with Crippen molar-refractivity contribution in [3.63, 3.8) is 0 Å². The molecular formula is C42H48Br2N4O3. The lowest BCUT2D eigenvalue weighted by Crippen LogP contribution is -2.27. The third-order valence-corrected chi connectivity index (χ3v) is 9.47. The van der Waals surface area contributed by atoms with Crippen LogP contribution < -0.4 is 4.74 Å². The minimum Gasteiger partial charge on any atom is -0.457 e. The van der Waals surface area contributed by atoms with Crippen molar-refractivity contribution in [2.75, 3.05) is 0 Å². The summed E-state index contributed by atoms with van der Waals surface area (Å²) in [5, 5.41) is 17.5. The Kier molecular flexibility index (Phi) is 11.8. The number of carbonyl (C=O) groups is 2. The second kappa shape index (κ2) is 15.0. The number of halogens is 2. The summed E-state index contributed by atoms with van der Waals surface area (Å²) in [6, 6.07) is 11.0. The van der Waals surface area contributed by atoms with E-state index in [1.165, 1.54) is 0 Å². The molecule has 4 rings (SSSR count). The van der Waals surface area contributed by atoms with E-state index in [1.54, 1.807) is 12.4 Å². The van der Waals surface area contributed by atoms with Crippen molar-refractivity contribution in [2.45, 2.75) is 83.1 Å². The van der Waals surface area contributed by atoms with Gasteiger partial charge in [0.2, 0.25) is 0 Å². The van der Waals surface area contributed by atoms with Crippen molar-refractivity contribution in [3.05, 3.63) is 115 Å². The Balaban J connectivity index is 1.49. The van der Waals surface area contributed by atoms with Crippen molar-refractivity contribution >= 4 is 54.8 Å². The van der Waals surface area contributed by atoms with Crippen LogP contribution in [0.2, 0.25) is 0 Å². The van der Waals surface area contributed by atoms with Crippen LogP contribution in [0.1, 0.15) is 83.1 Å². The third kappa shape index (κ3) is 10.2. The molecule has 0 atom stereocenters. The smallest absolute Gasteiger partial charge is 0.186 e. The number of hydrogen-bond acceptors (Lipinski definition) is 7. The van der Waals surface area contributed by atoms with Crippen molar-refractivity contribution in [3.8, 4) is 11.5 Å². The van der Waals surface area contributed by atoms with Crippen LogP contribution in [0, 0.1) is 21.7 Å². The fraction of sp³-hybridized carbons (Fsp3) is 0.381. The summed E-state index contributed by atoms with van der Waals surface area (Å²) in [6.07, 6.45) is 11.0. The molecule has 268 valence electrons. The zero-order valence-corrected chi connectivity index (χ0v) is 34.9. The molecule has 0 saturated carbocycles. The zero-order chi connectivity index (χ0) is 38.1. The predicted molar refractivity (Wildman–Crippen MR) is 214 cm³/mol. The summed E-state index contributed by atoms with van der Waals surface area (Å²) in [5.74, 6) is 1.39. The van der Waals surface area contributed by atoms with Crippen LogP contribution >= 0.6 is 31.9 Å². The highest BCUT2D eigenvalue weighted by atomic mass is 79.9. The number of nitrogens with zero attached hydrogens (tertiary/aromatic N) is 4. The molecule has 0 saturated heterocycles. The van der Waals surface area contributed by atoms with Gasteiger partial charge in [-0.25, -0.2) is 0 Å². The van der Waals surface area contributed by atoms with Crippen molar-refractivity contribution in [2.24, 2.45) is 42.1 Å². The summed E-state index contributed by atoms with van der Waals surface area (Å²) in [6.45, 7) is 24.5. The summed E-state index contributed by atoms with van der Waals surface area (Å²) in [7, 11) is 0. The average molecular weight is 817 g/mol. The molecule has 0 N–H and O–H groups in total. The monoisotopic (exact) mass is 814 g/mol. The van der Waals surface area contributed by atoms with E-state index in [2.05, 4.69) is 52.3 Å². The van der Waals surface area contributed by atoms with Gasteiger partial charge in [0.05, 0.1) is 18.1 Å². The SMILES string of the molecule is CC(C)(C)C1=CC(=CN=Nc2ccc(Oc3cc(Br)c(N=NC=C4C=C(C(C)(C)C)C(=O)C(C(C)(C)C)=C4)c(Br)c3)cc2)C=C(C(C)(C)C)C1=O. The molecule has 7 nitrogen and oxygen atoms in total. The molecule has 51 heavy (non-hydrogen) atoms. The molecule has 0 heterocycles.